The highest BCUT2D eigenvalue weighted by molar-refractivity contribution is 7.85. The van der Waals surface area contributed by atoms with Gasteiger partial charge in [-0.25, -0.2) is 4.39 Å². The normalized spacial score (nSPS) is 16.9. The maximum absolute atomic E-state index is 13.6. The highest BCUT2D eigenvalue weighted by Crippen LogP contribution is 2.26. The molecule has 2 aromatic rings. The number of anilines is 1. The first-order valence-corrected chi connectivity index (χ1v) is 11.7. The van der Waals surface area contributed by atoms with Crippen LogP contribution in [0.2, 0.25) is 0 Å². The van der Waals surface area contributed by atoms with Gasteiger partial charge in [0, 0.05) is 43.0 Å². The summed E-state index contributed by atoms with van der Waals surface area (Å²) in [6.45, 7) is 4.79. The maximum Gasteiger partial charge on any atom is 0.318 e. The summed E-state index contributed by atoms with van der Waals surface area (Å²) in [6, 6.07) is 9.83. The SMILES string of the molecule is CCOC(=O)CS(=O)c1ccc(C(=O)N2CCN(c3cccc(F)c3)[C@@H](C)C2)cc1[N+](=O)[O-]. The fourth-order valence-corrected chi connectivity index (χ4v) is 4.78. The average molecular weight is 478 g/mol. The molecule has 3 rings (SSSR count). The van der Waals surface area contributed by atoms with Gasteiger partial charge in [0.1, 0.15) is 16.5 Å². The molecular formula is C22H24FN3O6S. The van der Waals surface area contributed by atoms with Crippen molar-refractivity contribution < 1.29 is 27.8 Å². The van der Waals surface area contributed by atoms with Crippen molar-refractivity contribution in [3.63, 3.8) is 0 Å². The zero-order valence-corrected chi connectivity index (χ0v) is 19.0. The van der Waals surface area contributed by atoms with Gasteiger partial charge in [0.15, 0.2) is 0 Å². The number of benzene rings is 2. The summed E-state index contributed by atoms with van der Waals surface area (Å²) in [5, 5.41) is 11.6. The molecule has 33 heavy (non-hydrogen) atoms. The van der Waals surface area contributed by atoms with Crippen molar-refractivity contribution in [1.29, 1.82) is 0 Å². The zero-order valence-electron chi connectivity index (χ0n) is 18.2. The van der Waals surface area contributed by atoms with E-state index in [-0.39, 0.29) is 28.9 Å². The van der Waals surface area contributed by atoms with Crippen LogP contribution < -0.4 is 4.90 Å². The molecule has 2 atom stereocenters. The van der Waals surface area contributed by atoms with Gasteiger partial charge in [0.25, 0.3) is 11.6 Å². The van der Waals surface area contributed by atoms with Crippen LogP contribution in [-0.2, 0) is 20.3 Å². The van der Waals surface area contributed by atoms with Crippen molar-refractivity contribution in [2.24, 2.45) is 0 Å². The predicted molar refractivity (Wildman–Crippen MR) is 120 cm³/mol. The number of hydrogen-bond donors (Lipinski definition) is 0. The number of rotatable bonds is 7. The van der Waals surface area contributed by atoms with Crippen LogP contribution in [0.15, 0.2) is 47.4 Å². The van der Waals surface area contributed by atoms with Gasteiger partial charge < -0.3 is 14.5 Å². The second-order valence-electron chi connectivity index (χ2n) is 7.51. The molecule has 0 spiro atoms. The number of nitro groups is 1. The third-order valence-electron chi connectivity index (χ3n) is 5.26. The summed E-state index contributed by atoms with van der Waals surface area (Å²) in [5.74, 6) is -1.98. The standard InChI is InChI=1S/C22H24FN3O6S/c1-3-32-21(27)14-33(31)20-8-7-16(11-19(20)26(29)30)22(28)24-9-10-25(15(2)13-24)18-6-4-5-17(23)12-18/h4-8,11-12,15H,3,9-10,13-14H2,1-2H3/t15-,33?/m0/s1. The predicted octanol–water partition coefficient (Wildman–Crippen LogP) is 2.76. The first-order chi connectivity index (χ1) is 15.7. The molecule has 1 fully saturated rings. The molecular weight excluding hydrogens is 453 g/mol. The lowest BCUT2D eigenvalue weighted by Crippen LogP contribution is -2.53. The number of nitro benzene ring substituents is 1. The monoisotopic (exact) mass is 477 g/mol. The van der Waals surface area contributed by atoms with Crippen LogP contribution in [0, 0.1) is 15.9 Å². The van der Waals surface area contributed by atoms with E-state index in [0.717, 1.165) is 11.8 Å². The number of hydrogen-bond acceptors (Lipinski definition) is 7. The van der Waals surface area contributed by atoms with Gasteiger partial charge in [0.2, 0.25) is 0 Å². The molecule has 0 aromatic heterocycles. The summed E-state index contributed by atoms with van der Waals surface area (Å²) >= 11 is 0. The van der Waals surface area contributed by atoms with E-state index in [2.05, 4.69) is 0 Å². The van der Waals surface area contributed by atoms with Crippen molar-refractivity contribution in [1.82, 2.24) is 4.90 Å². The lowest BCUT2D eigenvalue weighted by atomic mass is 10.1. The van der Waals surface area contributed by atoms with E-state index < -0.39 is 39.0 Å². The summed E-state index contributed by atoms with van der Waals surface area (Å²) in [5.41, 5.74) is 0.318. The molecule has 1 aliphatic rings. The summed E-state index contributed by atoms with van der Waals surface area (Å²) in [4.78, 5) is 38.9. The van der Waals surface area contributed by atoms with Crippen LogP contribution in [0.1, 0.15) is 24.2 Å². The van der Waals surface area contributed by atoms with E-state index in [9.17, 15) is 28.3 Å². The molecule has 0 bridgehead atoms. The van der Waals surface area contributed by atoms with E-state index in [1.807, 2.05) is 11.8 Å². The lowest BCUT2D eigenvalue weighted by molar-refractivity contribution is -0.387. The molecule has 11 heteroatoms. The molecule has 1 heterocycles. The van der Waals surface area contributed by atoms with Gasteiger partial charge in [-0.15, -0.1) is 0 Å². The summed E-state index contributed by atoms with van der Waals surface area (Å²) in [6.07, 6.45) is 0. The third kappa shape index (κ3) is 5.72. The first-order valence-electron chi connectivity index (χ1n) is 10.3. The Morgan fingerprint density at radius 1 is 1.24 bits per heavy atom. The van der Waals surface area contributed by atoms with Crippen molar-refractivity contribution in [3.05, 3.63) is 64.0 Å². The average Bonchev–Trinajstić information content (AvgIpc) is 2.78. The Hall–Kier alpha value is -3.34. The van der Waals surface area contributed by atoms with E-state index in [1.165, 1.54) is 24.3 Å². The fraction of sp³-hybridized carbons (Fsp3) is 0.364. The molecule has 1 aliphatic heterocycles. The van der Waals surface area contributed by atoms with Gasteiger partial charge >= 0.3 is 5.97 Å². The van der Waals surface area contributed by atoms with Crippen LogP contribution in [0.3, 0.4) is 0 Å². The highest BCUT2D eigenvalue weighted by Gasteiger charge is 2.30. The van der Waals surface area contributed by atoms with Crippen molar-refractivity contribution in [2.75, 3.05) is 36.9 Å². The van der Waals surface area contributed by atoms with E-state index >= 15 is 0 Å². The fourth-order valence-electron chi connectivity index (χ4n) is 3.74. The van der Waals surface area contributed by atoms with Gasteiger partial charge in [-0.3, -0.25) is 23.9 Å². The zero-order chi connectivity index (χ0) is 24.1. The minimum absolute atomic E-state index is 0.0880. The molecule has 176 valence electrons. The molecule has 2 aromatic carbocycles. The minimum Gasteiger partial charge on any atom is -0.465 e. The number of nitrogens with zero attached hydrogens (tertiary/aromatic N) is 3. The van der Waals surface area contributed by atoms with Gasteiger partial charge in [0.05, 0.1) is 22.3 Å². The Kier molecular flexibility index (Phi) is 7.75. The Morgan fingerprint density at radius 3 is 2.64 bits per heavy atom. The van der Waals surface area contributed by atoms with Crippen LogP contribution in [0.4, 0.5) is 15.8 Å². The molecule has 9 nitrogen and oxygen atoms in total. The van der Waals surface area contributed by atoms with Crippen LogP contribution in [-0.4, -0.2) is 63.9 Å². The summed E-state index contributed by atoms with van der Waals surface area (Å²) < 4.78 is 30.8. The molecule has 1 saturated heterocycles. The Bertz CT molecular complexity index is 1100. The topological polar surface area (TPSA) is 110 Å². The third-order valence-corrected chi connectivity index (χ3v) is 6.59. The first kappa shape index (κ1) is 24.3. The van der Waals surface area contributed by atoms with E-state index in [4.69, 9.17) is 4.74 Å². The maximum atomic E-state index is 13.6. The Labute approximate surface area is 192 Å². The molecule has 0 aliphatic carbocycles. The number of carbonyl (C=O) groups is 2. The van der Waals surface area contributed by atoms with Crippen molar-refractivity contribution in [3.8, 4) is 0 Å². The highest BCUT2D eigenvalue weighted by atomic mass is 32.2. The van der Waals surface area contributed by atoms with Gasteiger partial charge in [-0.05, 0) is 44.2 Å². The number of amides is 1. The largest absolute Gasteiger partial charge is 0.465 e. The molecule has 0 radical (unpaired) electrons. The van der Waals surface area contributed by atoms with Crippen molar-refractivity contribution in [2.45, 2.75) is 24.8 Å². The number of esters is 1. The lowest BCUT2D eigenvalue weighted by Gasteiger charge is -2.41. The van der Waals surface area contributed by atoms with E-state index in [0.29, 0.717) is 19.6 Å². The quantitative estimate of drug-likeness (QED) is 0.343. The second-order valence-corrected chi connectivity index (χ2v) is 8.93. The number of carbonyl (C=O) groups excluding carboxylic acids is 2. The smallest absolute Gasteiger partial charge is 0.318 e. The molecule has 0 N–H and O–H groups in total. The van der Waals surface area contributed by atoms with Gasteiger partial charge in [-0.1, -0.05) is 6.07 Å². The molecule has 0 saturated carbocycles. The number of piperazine rings is 1. The molecule has 1 amide bonds. The Morgan fingerprint density at radius 2 is 2.00 bits per heavy atom. The number of halogens is 1. The summed E-state index contributed by atoms with van der Waals surface area (Å²) in [7, 11) is -1.99. The van der Waals surface area contributed by atoms with Crippen LogP contribution in [0.25, 0.3) is 0 Å². The van der Waals surface area contributed by atoms with Gasteiger partial charge in [-0.2, -0.15) is 0 Å². The van der Waals surface area contributed by atoms with Crippen LogP contribution in [0.5, 0.6) is 0 Å². The number of ether oxygens (including phenoxy) is 1. The second kappa shape index (κ2) is 10.5. The van der Waals surface area contributed by atoms with Crippen LogP contribution >= 0.6 is 0 Å². The van der Waals surface area contributed by atoms with E-state index in [1.54, 1.807) is 24.0 Å². The Balaban J connectivity index is 1.76. The minimum atomic E-state index is -1.99. The van der Waals surface area contributed by atoms with Crippen molar-refractivity contribution >= 4 is 34.1 Å². The molecule has 1 unspecified atom stereocenters.